The average molecular weight is 421 g/mol. The molecule has 1 amide bonds. The second-order valence-electron chi connectivity index (χ2n) is 6.35. The second-order valence-corrected chi connectivity index (χ2v) is 7.36. The maximum Gasteiger partial charge on any atom is 0.267 e. The molecular formula is C22H16FN3O3S. The number of amidine groups is 1. The molecular weight excluding hydrogens is 405 g/mol. The molecule has 2 aromatic carbocycles. The van der Waals surface area contributed by atoms with Gasteiger partial charge in [0.05, 0.1) is 23.9 Å². The molecule has 0 spiro atoms. The molecule has 1 aliphatic heterocycles. The van der Waals surface area contributed by atoms with Crippen LogP contribution in [0.5, 0.6) is 5.75 Å². The van der Waals surface area contributed by atoms with Crippen LogP contribution in [0, 0.1) is 5.82 Å². The summed E-state index contributed by atoms with van der Waals surface area (Å²) in [4.78, 5) is 14.9. The molecule has 6 nitrogen and oxygen atoms in total. The smallest absolute Gasteiger partial charge is 0.267 e. The lowest BCUT2D eigenvalue weighted by Gasteiger charge is -2.12. The standard InChI is InChI=1S/C22H16FN3O3S/c23-17-7-3-15(4-8-17)12-20-21(28)26(14-19-2-1-11-29-19)22(30-20)25-24-13-16-5-9-18(27)10-6-16/h1-13,27H,14H2/b20-12-,24-13+,25-22-. The third-order valence-corrected chi connectivity index (χ3v) is 5.19. The van der Waals surface area contributed by atoms with Gasteiger partial charge in [-0.15, -0.1) is 5.10 Å². The van der Waals surface area contributed by atoms with Crippen molar-refractivity contribution in [3.05, 3.63) is 94.5 Å². The molecule has 0 unspecified atom stereocenters. The Bertz CT molecular complexity index is 1120. The molecule has 0 aliphatic carbocycles. The van der Waals surface area contributed by atoms with Gasteiger partial charge in [-0.3, -0.25) is 9.69 Å². The number of carbonyl (C=O) groups is 1. The topological polar surface area (TPSA) is 78.4 Å². The van der Waals surface area contributed by atoms with Gasteiger partial charge in [0.25, 0.3) is 5.91 Å². The lowest BCUT2D eigenvalue weighted by molar-refractivity contribution is -0.122. The molecule has 2 heterocycles. The van der Waals surface area contributed by atoms with E-state index in [-0.39, 0.29) is 24.0 Å². The summed E-state index contributed by atoms with van der Waals surface area (Å²) in [5.41, 5.74) is 1.46. The van der Waals surface area contributed by atoms with Crippen molar-refractivity contribution in [2.75, 3.05) is 0 Å². The van der Waals surface area contributed by atoms with E-state index in [1.165, 1.54) is 41.3 Å². The number of hydrogen-bond acceptors (Lipinski definition) is 6. The molecule has 30 heavy (non-hydrogen) atoms. The monoisotopic (exact) mass is 421 g/mol. The first-order valence-corrected chi connectivity index (χ1v) is 9.79. The van der Waals surface area contributed by atoms with Crippen LogP contribution in [0.1, 0.15) is 16.9 Å². The molecule has 4 rings (SSSR count). The summed E-state index contributed by atoms with van der Waals surface area (Å²) in [6.07, 6.45) is 4.76. The van der Waals surface area contributed by atoms with Crippen LogP contribution in [0.15, 0.2) is 86.5 Å². The average Bonchev–Trinajstić information content (AvgIpc) is 3.35. The SMILES string of the molecule is O=C1/C(=C/c2ccc(F)cc2)S/C(=N\N=C\c2ccc(O)cc2)N1Cc1ccco1. The molecule has 1 aromatic heterocycles. The van der Waals surface area contributed by atoms with Crippen LogP contribution in [0.4, 0.5) is 4.39 Å². The van der Waals surface area contributed by atoms with Gasteiger partial charge in [-0.05, 0) is 77.5 Å². The molecule has 150 valence electrons. The Morgan fingerprint density at radius 2 is 1.80 bits per heavy atom. The summed E-state index contributed by atoms with van der Waals surface area (Å²) >= 11 is 1.18. The predicted molar refractivity (Wildman–Crippen MR) is 114 cm³/mol. The lowest BCUT2D eigenvalue weighted by atomic mass is 10.2. The zero-order chi connectivity index (χ0) is 20.9. The Kier molecular flexibility index (Phi) is 5.76. The van der Waals surface area contributed by atoms with E-state index in [4.69, 9.17) is 4.42 Å². The van der Waals surface area contributed by atoms with Crippen molar-refractivity contribution in [1.82, 2.24) is 4.90 Å². The molecule has 3 aromatic rings. The zero-order valence-electron chi connectivity index (χ0n) is 15.6. The number of hydrogen-bond donors (Lipinski definition) is 1. The van der Waals surface area contributed by atoms with Crippen LogP contribution in [-0.2, 0) is 11.3 Å². The molecule has 8 heteroatoms. The number of rotatable bonds is 5. The van der Waals surface area contributed by atoms with Gasteiger partial charge in [0.15, 0.2) is 5.17 Å². The number of carbonyl (C=O) groups excluding carboxylic acids is 1. The fourth-order valence-electron chi connectivity index (χ4n) is 2.70. The van der Waals surface area contributed by atoms with Crippen molar-refractivity contribution in [3.63, 3.8) is 0 Å². The summed E-state index contributed by atoms with van der Waals surface area (Å²) in [5.74, 6) is 0.199. The van der Waals surface area contributed by atoms with Crippen molar-refractivity contribution in [2.45, 2.75) is 6.54 Å². The minimum Gasteiger partial charge on any atom is -0.508 e. The first-order valence-electron chi connectivity index (χ1n) is 8.98. The lowest BCUT2D eigenvalue weighted by Crippen LogP contribution is -2.28. The van der Waals surface area contributed by atoms with Gasteiger partial charge in [0.2, 0.25) is 0 Å². The van der Waals surface area contributed by atoms with Gasteiger partial charge in [-0.1, -0.05) is 12.1 Å². The maximum absolute atomic E-state index is 13.2. The third kappa shape index (κ3) is 4.66. The number of thioether (sulfide) groups is 1. The van der Waals surface area contributed by atoms with Crippen LogP contribution in [0.2, 0.25) is 0 Å². The van der Waals surface area contributed by atoms with Crippen molar-refractivity contribution >= 4 is 35.1 Å². The normalized spacial score (nSPS) is 17.0. The van der Waals surface area contributed by atoms with E-state index < -0.39 is 0 Å². The Balaban J connectivity index is 1.60. The predicted octanol–water partition coefficient (Wildman–Crippen LogP) is 4.63. The minimum absolute atomic E-state index is 0.163. The van der Waals surface area contributed by atoms with Gasteiger partial charge in [-0.25, -0.2) is 4.39 Å². The quantitative estimate of drug-likeness (QED) is 0.370. The summed E-state index contributed by atoms with van der Waals surface area (Å²) in [5, 5.41) is 18.0. The molecule has 0 bridgehead atoms. The third-order valence-electron chi connectivity index (χ3n) is 4.19. The molecule has 1 aliphatic rings. The van der Waals surface area contributed by atoms with Gasteiger partial charge in [0, 0.05) is 0 Å². The Morgan fingerprint density at radius 3 is 2.50 bits per heavy atom. The van der Waals surface area contributed by atoms with E-state index in [9.17, 15) is 14.3 Å². The summed E-state index contributed by atoms with van der Waals surface area (Å²) < 4.78 is 18.5. The highest BCUT2D eigenvalue weighted by Gasteiger charge is 2.34. The molecule has 1 saturated heterocycles. The van der Waals surface area contributed by atoms with E-state index in [0.29, 0.717) is 21.4 Å². The minimum atomic E-state index is -0.340. The Morgan fingerprint density at radius 1 is 1.07 bits per heavy atom. The van der Waals surface area contributed by atoms with Crippen LogP contribution in [0.3, 0.4) is 0 Å². The van der Waals surface area contributed by atoms with Crippen LogP contribution >= 0.6 is 11.8 Å². The van der Waals surface area contributed by atoms with Crippen molar-refractivity contribution in [3.8, 4) is 5.75 Å². The Labute approximate surface area is 176 Å². The molecule has 0 radical (unpaired) electrons. The summed E-state index contributed by atoms with van der Waals surface area (Å²) in [7, 11) is 0. The highest BCUT2D eigenvalue weighted by molar-refractivity contribution is 8.18. The fraction of sp³-hybridized carbons (Fsp3) is 0.0455. The summed E-state index contributed by atoms with van der Waals surface area (Å²) in [6, 6.07) is 15.9. The van der Waals surface area contributed by atoms with E-state index in [0.717, 1.165) is 5.56 Å². The first-order chi connectivity index (χ1) is 14.6. The highest BCUT2D eigenvalue weighted by Crippen LogP contribution is 2.33. The van der Waals surface area contributed by atoms with Crippen molar-refractivity contribution < 1.29 is 18.7 Å². The van der Waals surface area contributed by atoms with Crippen molar-refractivity contribution in [1.29, 1.82) is 0 Å². The second kappa shape index (κ2) is 8.79. The maximum atomic E-state index is 13.2. The number of benzene rings is 2. The van der Waals surface area contributed by atoms with Crippen LogP contribution in [0.25, 0.3) is 6.08 Å². The number of phenols is 1. The number of nitrogens with zero attached hydrogens (tertiary/aromatic N) is 3. The zero-order valence-corrected chi connectivity index (χ0v) is 16.4. The molecule has 0 saturated carbocycles. The largest absolute Gasteiger partial charge is 0.508 e. The van der Waals surface area contributed by atoms with E-state index in [1.54, 1.807) is 54.6 Å². The van der Waals surface area contributed by atoms with Crippen molar-refractivity contribution in [2.24, 2.45) is 10.2 Å². The fourth-order valence-corrected chi connectivity index (χ4v) is 3.63. The summed E-state index contributed by atoms with van der Waals surface area (Å²) in [6.45, 7) is 0.215. The highest BCUT2D eigenvalue weighted by atomic mass is 32.2. The number of furan rings is 1. The van der Waals surface area contributed by atoms with Crippen LogP contribution < -0.4 is 0 Å². The van der Waals surface area contributed by atoms with Gasteiger partial charge in [0.1, 0.15) is 17.3 Å². The van der Waals surface area contributed by atoms with Gasteiger partial charge in [-0.2, -0.15) is 5.10 Å². The molecule has 1 N–H and O–H groups in total. The van der Waals surface area contributed by atoms with Crippen LogP contribution in [-0.4, -0.2) is 27.3 Å². The number of phenolic OH excluding ortho intramolecular Hbond substituents is 1. The van der Waals surface area contributed by atoms with Gasteiger partial charge >= 0.3 is 0 Å². The van der Waals surface area contributed by atoms with Gasteiger partial charge < -0.3 is 9.52 Å². The first kappa shape index (κ1) is 19.7. The van der Waals surface area contributed by atoms with E-state index in [2.05, 4.69) is 10.2 Å². The van der Waals surface area contributed by atoms with E-state index >= 15 is 0 Å². The van der Waals surface area contributed by atoms with E-state index in [1.807, 2.05) is 0 Å². The number of aromatic hydroxyl groups is 1. The number of amides is 1. The molecule has 0 atom stereocenters. The Hall–Kier alpha value is -3.65. The molecule has 1 fully saturated rings. The number of halogens is 1.